The number of hydrogen-bond donors (Lipinski definition) is 1. The third kappa shape index (κ3) is 2.43. The van der Waals surface area contributed by atoms with Gasteiger partial charge in [-0.3, -0.25) is 0 Å². The van der Waals surface area contributed by atoms with Crippen LogP contribution in [-0.4, -0.2) is 17.6 Å². The molecule has 2 heterocycles. The van der Waals surface area contributed by atoms with E-state index in [9.17, 15) is 0 Å². The Bertz CT molecular complexity index is 595. The van der Waals surface area contributed by atoms with Gasteiger partial charge in [0, 0.05) is 24.0 Å². The van der Waals surface area contributed by atoms with Gasteiger partial charge in [0.25, 0.3) is 0 Å². The molecule has 0 amide bonds. The van der Waals surface area contributed by atoms with Crippen molar-refractivity contribution < 1.29 is 4.74 Å². The number of benzene rings is 1. The molecule has 1 aliphatic heterocycles. The molecule has 0 bridgehead atoms. The van der Waals surface area contributed by atoms with E-state index in [-0.39, 0.29) is 6.10 Å². The second kappa shape index (κ2) is 5.17. The van der Waals surface area contributed by atoms with E-state index in [4.69, 9.17) is 9.72 Å². The van der Waals surface area contributed by atoms with Crippen LogP contribution in [0.2, 0.25) is 0 Å². The highest BCUT2D eigenvalue weighted by Crippen LogP contribution is 2.27. The van der Waals surface area contributed by atoms with Gasteiger partial charge in [0.2, 0.25) is 5.88 Å². The smallest absolute Gasteiger partial charge is 0.218 e. The summed E-state index contributed by atoms with van der Waals surface area (Å²) < 4.78 is 5.92. The minimum atomic E-state index is 0.171. The van der Waals surface area contributed by atoms with Crippen molar-refractivity contribution in [1.82, 2.24) is 10.3 Å². The molecule has 1 aliphatic rings. The molecule has 0 saturated heterocycles. The van der Waals surface area contributed by atoms with Gasteiger partial charge in [-0.25, -0.2) is 4.98 Å². The molecule has 0 fully saturated rings. The molecule has 19 heavy (non-hydrogen) atoms. The van der Waals surface area contributed by atoms with Crippen LogP contribution >= 0.6 is 0 Å². The van der Waals surface area contributed by atoms with Crippen LogP contribution in [0.3, 0.4) is 0 Å². The van der Waals surface area contributed by atoms with Crippen molar-refractivity contribution in [3.8, 4) is 5.88 Å². The van der Waals surface area contributed by atoms with Gasteiger partial charge in [-0.1, -0.05) is 31.5 Å². The Morgan fingerprint density at radius 2 is 2.32 bits per heavy atom. The molecule has 2 aromatic rings. The zero-order valence-electron chi connectivity index (χ0n) is 11.6. The summed E-state index contributed by atoms with van der Waals surface area (Å²) in [5.41, 5.74) is 3.57. The first-order chi connectivity index (χ1) is 9.28. The molecule has 0 spiro atoms. The minimum Gasteiger partial charge on any atom is -0.473 e. The van der Waals surface area contributed by atoms with Gasteiger partial charge in [-0.05, 0) is 25.0 Å². The standard InChI is InChI=1S/C16H20N2O/c1-3-5-12-6-4-7-13-8-14-10-17-9-11(2)19-16(14)18-15(12)13/h4,6-8,11,17H,3,5,9-10H2,1-2H3/t11-/m1/s1. The second-order valence-corrected chi connectivity index (χ2v) is 5.25. The van der Waals surface area contributed by atoms with Gasteiger partial charge in [-0.15, -0.1) is 0 Å². The molecule has 1 atom stereocenters. The van der Waals surface area contributed by atoms with Crippen LogP contribution in [0.25, 0.3) is 10.9 Å². The summed E-state index contributed by atoms with van der Waals surface area (Å²) in [5.74, 6) is 0.800. The lowest BCUT2D eigenvalue weighted by Gasteiger charge is -2.13. The first-order valence-electron chi connectivity index (χ1n) is 7.07. The van der Waals surface area contributed by atoms with Gasteiger partial charge < -0.3 is 10.1 Å². The normalized spacial score (nSPS) is 18.7. The SMILES string of the molecule is CCCc1cccc2cc3c(nc12)O[C@H](C)CNC3. The van der Waals surface area contributed by atoms with E-state index in [2.05, 4.69) is 43.4 Å². The average molecular weight is 256 g/mol. The van der Waals surface area contributed by atoms with Crippen molar-refractivity contribution >= 4 is 10.9 Å². The van der Waals surface area contributed by atoms with Crippen LogP contribution in [-0.2, 0) is 13.0 Å². The lowest BCUT2D eigenvalue weighted by atomic mass is 10.0. The molecule has 0 radical (unpaired) electrons. The van der Waals surface area contributed by atoms with E-state index >= 15 is 0 Å². The number of fused-ring (bicyclic) bond motifs is 2. The number of nitrogens with one attached hydrogen (secondary N) is 1. The van der Waals surface area contributed by atoms with Crippen LogP contribution in [0.4, 0.5) is 0 Å². The number of ether oxygens (including phenoxy) is 1. The van der Waals surface area contributed by atoms with Crippen LogP contribution < -0.4 is 10.1 Å². The van der Waals surface area contributed by atoms with E-state index in [1.807, 2.05) is 0 Å². The average Bonchev–Trinajstić information content (AvgIpc) is 2.57. The third-order valence-corrected chi connectivity index (χ3v) is 3.55. The number of nitrogens with zero attached hydrogens (tertiary/aromatic N) is 1. The summed E-state index contributed by atoms with van der Waals surface area (Å²) >= 11 is 0. The fourth-order valence-corrected chi connectivity index (χ4v) is 2.63. The fourth-order valence-electron chi connectivity index (χ4n) is 2.63. The van der Waals surface area contributed by atoms with Crippen molar-refractivity contribution in [2.75, 3.05) is 6.54 Å². The molecule has 3 heteroatoms. The van der Waals surface area contributed by atoms with Crippen LogP contribution in [0.1, 0.15) is 31.4 Å². The van der Waals surface area contributed by atoms with E-state index < -0.39 is 0 Å². The zero-order chi connectivity index (χ0) is 13.2. The van der Waals surface area contributed by atoms with Gasteiger partial charge in [0.15, 0.2) is 0 Å². The van der Waals surface area contributed by atoms with Crippen LogP contribution in [0, 0.1) is 0 Å². The largest absolute Gasteiger partial charge is 0.473 e. The van der Waals surface area contributed by atoms with Crippen LogP contribution in [0.5, 0.6) is 5.88 Å². The van der Waals surface area contributed by atoms with Crippen molar-refractivity contribution in [3.63, 3.8) is 0 Å². The second-order valence-electron chi connectivity index (χ2n) is 5.25. The van der Waals surface area contributed by atoms with E-state index in [1.165, 1.54) is 10.9 Å². The Morgan fingerprint density at radius 3 is 3.16 bits per heavy atom. The number of pyridine rings is 1. The molecule has 3 nitrogen and oxygen atoms in total. The Morgan fingerprint density at radius 1 is 1.42 bits per heavy atom. The minimum absolute atomic E-state index is 0.171. The molecular weight excluding hydrogens is 236 g/mol. The lowest BCUT2D eigenvalue weighted by molar-refractivity contribution is 0.218. The first kappa shape index (κ1) is 12.4. The molecule has 3 rings (SSSR count). The predicted molar refractivity (Wildman–Crippen MR) is 77.5 cm³/mol. The van der Waals surface area contributed by atoms with Crippen molar-refractivity contribution in [1.29, 1.82) is 0 Å². The van der Waals surface area contributed by atoms with E-state index in [0.29, 0.717) is 0 Å². The number of hydrogen-bond acceptors (Lipinski definition) is 3. The van der Waals surface area contributed by atoms with Gasteiger partial charge in [0.05, 0.1) is 5.52 Å². The van der Waals surface area contributed by atoms with Crippen molar-refractivity contribution in [2.24, 2.45) is 0 Å². The van der Waals surface area contributed by atoms with Crippen molar-refractivity contribution in [3.05, 3.63) is 35.4 Å². The lowest BCUT2D eigenvalue weighted by Crippen LogP contribution is -2.25. The number of rotatable bonds is 2. The summed E-state index contributed by atoms with van der Waals surface area (Å²) in [6.45, 7) is 5.98. The molecule has 0 saturated carbocycles. The van der Waals surface area contributed by atoms with E-state index in [1.54, 1.807) is 0 Å². The highest BCUT2D eigenvalue weighted by molar-refractivity contribution is 5.83. The number of aryl methyl sites for hydroxylation is 1. The summed E-state index contributed by atoms with van der Waals surface area (Å²) in [5, 5.41) is 4.61. The maximum absolute atomic E-state index is 5.92. The molecule has 1 aromatic carbocycles. The van der Waals surface area contributed by atoms with E-state index in [0.717, 1.165) is 42.9 Å². The quantitative estimate of drug-likeness (QED) is 0.896. The fraction of sp³-hybridized carbons (Fsp3) is 0.438. The van der Waals surface area contributed by atoms with Gasteiger partial charge in [-0.2, -0.15) is 0 Å². The van der Waals surface area contributed by atoms with Crippen LogP contribution in [0.15, 0.2) is 24.3 Å². The molecular formula is C16H20N2O. The third-order valence-electron chi connectivity index (χ3n) is 3.55. The number of aromatic nitrogens is 1. The summed E-state index contributed by atoms with van der Waals surface area (Å²) in [6, 6.07) is 8.64. The maximum atomic E-state index is 5.92. The first-order valence-corrected chi connectivity index (χ1v) is 7.07. The molecule has 1 aromatic heterocycles. The topological polar surface area (TPSA) is 34.1 Å². The zero-order valence-corrected chi connectivity index (χ0v) is 11.6. The summed E-state index contributed by atoms with van der Waals surface area (Å²) in [4.78, 5) is 4.78. The Kier molecular flexibility index (Phi) is 3.38. The molecule has 0 aliphatic carbocycles. The molecule has 100 valence electrons. The van der Waals surface area contributed by atoms with Gasteiger partial charge in [0.1, 0.15) is 6.10 Å². The maximum Gasteiger partial charge on any atom is 0.218 e. The highest BCUT2D eigenvalue weighted by atomic mass is 16.5. The molecule has 1 N–H and O–H groups in total. The monoisotopic (exact) mass is 256 g/mol. The van der Waals surface area contributed by atoms with Crippen molar-refractivity contribution in [2.45, 2.75) is 39.3 Å². The Hall–Kier alpha value is -1.61. The van der Waals surface area contributed by atoms with Gasteiger partial charge >= 0.3 is 0 Å². The number of para-hydroxylation sites is 1. The Labute approximate surface area is 114 Å². The molecule has 0 unspecified atom stereocenters. The summed E-state index contributed by atoms with van der Waals surface area (Å²) in [7, 11) is 0. The highest BCUT2D eigenvalue weighted by Gasteiger charge is 2.16. The summed E-state index contributed by atoms with van der Waals surface area (Å²) in [6.07, 6.45) is 2.37. The predicted octanol–water partition coefficient (Wildman–Crippen LogP) is 3.06. The Balaban J connectivity index is 2.14.